The highest BCUT2D eigenvalue weighted by molar-refractivity contribution is 5.92. The fourth-order valence-electron chi connectivity index (χ4n) is 4.66. The maximum Gasteiger partial charge on any atom is 0.410 e. The lowest BCUT2D eigenvalue weighted by Gasteiger charge is -2.36. The summed E-state index contributed by atoms with van der Waals surface area (Å²) in [4.78, 5) is 31.6. The van der Waals surface area contributed by atoms with Gasteiger partial charge in [-0.05, 0) is 63.4 Å². The third-order valence-electron chi connectivity index (χ3n) is 6.64. The Hall–Kier alpha value is -3.06. The second-order valence-electron chi connectivity index (χ2n) is 10.5. The van der Waals surface area contributed by atoms with E-state index in [1.54, 1.807) is 4.90 Å². The molecule has 7 nitrogen and oxygen atoms in total. The molecule has 0 bridgehead atoms. The van der Waals surface area contributed by atoms with Gasteiger partial charge in [-0.1, -0.05) is 30.3 Å². The van der Waals surface area contributed by atoms with Crippen LogP contribution in [0, 0.1) is 5.92 Å². The zero-order valence-electron chi connectivity index (χ0n) is 21.2. The Morgan fingerprint density at radius 1 is 0.886 bits per heavy atom. The molecule has 2 amide bonds. The number of ether oxygens (including phenoxy) is 1. The van der Waals surface area contributed by atoms with Crippen molar-refractivity contribution in [3.8, 4) is 0 Å². The monoisotopic (exact) mass is 478 g/mol. The molecule has 4 rings (SSSR count). The normalized spacial score (nSPS) is 17.8. The quantitative estimate of drug-likeness (QED) is 0.681. The van der Waals surface area contributed by atoms with E-state index >= 15 is 0 Å². The summed E-state index contributed by atoms with van der Waals surface area (Å²) < 4.78 is 5.44. The van der Waals surface area contributed by atoms with Crippen molar-refractivity contribution in [3.63, 3.8) is 0 Å². The largest absolute Gasteiger partial charge is 0.444 e. The molecule has 2 heterocycles. The van der Waals surface area contributed by atoms with Crippen molar-refractivity contribution >= 4 is 23.4 Å². The number of nitrogens with one attached hydrogen (secondary N) is 1. The predicted molar refractivity (Wildman–Crippen MR) is 140 cm³/mol. The van der Waals surface area contributed by atoms with Gasteiger partial charge in [-0.25, -0.2) is 4.79 Å². The summed E-state index contributed by atoms with van der Waals surface area (Å²) >= 11 is 0. The molecule has 0 aromatic heterocycles. The molecule has 188 valence electrons. The standard InChI is InChI=1S/C28H38N4O3/c1-28(2,3)35-27(34)32-15-13-23(14-16-32)26(33)29-24-9-11-25(12-10-24)31-19-17-30(18-20-31)21-22-7-5-4-6-8-22/h4-12,23H,13-21H2,1-3H3,(H,29,33). The van der Waals surface area contributed by atoms with Crippen molar-refractivity contribution in [1.29, 1.82) is 0 Å². The van der Waals surface area contributed by atoms with Gasteiger partial charge >= 0.3 is 6.09 Å². The second kappa shape index (κ2) is 11.1. The number of carbonyl (C=O) groups excluding carboxylic acids is 2. The molecule has 0 aliphatic carbocycles. The summed E-state index contributed by atoms with van der Waals surface area (Å²) in [7, 11) is 0. The van der Waals surface area contributed by atoms with E-state index in [1.165, 1.54) is 11.3 Å². The first-order chi connectivity index (χ1) is 16.8. The predicted octanol–water partition coefficient (Wildman–Crippen LogP) is 4.59. The molecule has 2 aromatic carbocycles. The van der Waals surface area contributed by atoms with Crippen molar-refractivity contribution in [2.45, 2.75) is 45.8 Å². The van der Waals surface area contributed by atoms with Crippen LogP contribution in [0.1, 0.15) is 39.2 Å². The summed E-state index contributed by atoms with van der Waals surface area (Å²) in [5, 5.41) is 3.06. The number of likely N-dealkylation sites (tertiary alicyclic amines) is 1. The van der Waals surface area contributed by atoms with Gasteiger partial charge in [0.05, 0.1) is 0 Å². The molecule has 2 aliphatic rings. The number of amides is 2. The fourth-order valence-corrected chi connectivity index (χ4v) is 4.66. The summed E-state index contributed by atoms with van der Waals surface area (Å²) in [6, 6.07) is 18.8. The molecular formula is C28H38N4O3. The highest BCUT2D eigenvalue weighted by Crippen LogP contribution is 2.24. The number of nitrogens with zero attached hydrogens (tertiary/aromatic N) is 3. The Bertz CT molecular complexity index is 972. The van der Waals surface area contributed by atoms with Crippen LogP contribution in [0.25, 0.3) is 0 Å². The van der Waals surface area contributed by atoms with Gasteiger partial charge in [0.15, 0.2) is 0 Å². The zero-order chi connectivity index (χ0) is 24.8. The van der Waals surface area contributed by atoms with Gasteiger partial charge in [-0.15, -0.1) is 0 Å². The minimum atomic E-state index is -0.507. The highest BCUT2D eigenvalue weighted by Gasteiger charge is 2.30. The number of benzene rings is 2. The van der Waals surface area contributed by atoms with Crippen molar-refractivity contribution in [3.05, 3.63) is 60.2 Å². The molecule has 2 aliphatic heterocycles. The third-order valence-corrected chi connectivity index (χ3v) is 6.64. The van der Waals surface area contributed by atoms with Crippen LogP contribution in [0.15, 0.2) is 54.6 Å². The van der Waals surface area contributed by atoms with Crippen LogP contribution in [0.3, 0.4) is 0 Å². The van der Waals surface area contributed by atoms with E-state index < -0.39 is 5.60 Å². The number of piperidine rings is 1. The van der Waals surface area contributed by atoms with Crippen molar-refractivity contribution in [2.24, 2.45) is 5.92 Å². The Morgan fingerprint density at radius 2 is 1.51 bits per heavy atom. The molecule has 1 N–H and O–H groups in total. The molecule has 0 unspecified atom stereocenters. The lowest BCUT2D eigenvalue weighted by molar-refractivity contribution is -0.121. The first-order valence-corrected chi connectivity index (χ1v) is 12.7. The van der Waals surface area contributed by atoms with Gasteiger partial charge in [0.1, 0.15) is 5.60 Å². The van der Waals surface area contributed by atoms with E-state index in [2.05, 4.69) is 57.6 Å². The molecule has 0 radical (unpaired) electrons. The topological polar surface area (TPSA) is 65.1 Å². The van der Waals surface area contributed by atoms with Crippen LogP contribution in [0.2, 0.25) is 0 Å². The highest BCUT2D eigenvalue weighted by atomic mass is 16.6. The minimum absolute atomic E-state index is 0.0242. The van der Waals surface area contributed by atoms with E-state index in [1.807, 2.05) is 32.9 Å². The van der Waals surface area contributed by atoms with Gasteiger partial charge in [-0.2, -0.15) is 0 Å². The second-order valence-corrected chi connectivity index (χ2v) is 10.5. The molecule has 0 atom stereocenters. The molecule has 0 saturated carbocycles. The Labute approximate surface area is 209 Å². The average Bonchev–Trinajstić information content (AvgIpc) is 2.85. The van der Waals surface area contributed by atoms with E-state index in [-0.39, 0.29) is 17.9 Å². The van der Waals surface area contributed by atoms with Crippen LogP contribution < -0.4 is 10.2 Å². The average molecular weight is 479 g/mol. The van der Waals surface area contributed by atoms with Crippen molar-refractivity contribution < 1.29 is 14.3 Å². The van der Waals surface area contributed by atoms with Crippen molar-refractivity contribution in [1.82, 2.24) is 9.80 Å². The molecule has 7 heteroatoms. The van der Waals surface area contributed by atoms with E-state index in [9.17, 15) is 9.59 Å². The van der Waals surface area contributed by atoms with E-state index in [4.69, 9.17) is 4.74 Å². The number of carbonyl (C=O) groups is 2. The number of anilines is 2. The van der Waals surface area contributed by atoms with Crippen LogP contribution >= 0.6 is 0 Å². The summed E-state index contributed by atoms with van der Waals surface area (Å²) in [6.45, 7) is 11.7. The number of piperazine rings is 1. The lowest BCUT2D eigenvalue weighted by atomic mass is 9.96. The SMILES string of the molecule is CC(C)(C)OC(=O)N1CCC(C(=O)Nc2ccc(N3CCN(Cc4ccccc4)CC3)cc2)CC1. The lowest BCUT2D eigenvalue weighted by Crippen LogP contribution is -2.45. The van der Waals surface area contributed by atoms with Crippen LogP contribution in [-0.4, -0.2) is 66.7 Å². The van der Waals surface area contributed by atoms with Crippen molar-refractivity contribution in [2.75, 3.05) is 49.5 Å². The molecular weight excluding hydrogens is 440 g/mol. The first-order valence-electron chi connectivity index (χ1n) is 12.7. The molecule has 2 saturated heterocycles. The molecule has 0 spiro atoms. The zero-order valence-corrected chi connectivity index (χ0v) is 21.2. The van der Waals surface area contributed by atoms with E-state index in [0.717, 1.165) is 38.4 Å². The third kappa shape index (κ3) is 7.21. The Morgan fingerprint density at radius 3 is 2.11 bits per heavy atom. The maximum absolute atomic E-state index is 12.8. The first kappa shape index (κ1) is 25.0. The smallest absolute Gasteiger partial charge is 0.410 e. The molecule has 35 heavy (non-hydrogen) atoms. The minimum Gasteiger partial charge on any atom is -0.444 e. The van der Waals surface area contributed by atoms with E-state index in [0.29, 0.717) is 25.9 Å². The number of hydrogen-bond acceptors (Lipinski definition) is 5. The molecule has 2 fully saturated rings. The number of hydrogen-bond donors (Lipinski definition) is 1. The van der Waals surface area contributed by atoms with Gasteiger partial charge in [0, 0.05) is 63.1 Å². The Balaban J connectivity index is 1.21. The van der Waals surface area contributed by atoms with Crippen LogP contribution in [0.5, 0.6) is 0 Å². The Kier molecular flexibility index (Phi) is 7.96. The van der Waals surface area contributed by atoms with Crippen LogP contribution in [-0.2, 0) is 16.1 Å². The van der Waals surface area contributed by atoms with Gasteiger partial charge < -0.3 is 19.9 Å². The van der Waals surface area contributed by atoms with Gasteiger partial charge in [0.2, 0.25) is 5.91 Å². The molecule has 2 aromatic rings. The van der Waals surface area contributed by atoms with Gasteiger partial charge in [-0.3, -0.25) is 9.69 Å². The maximum atomic E-state index is 12.8. The van der Waals surface area contributed by atoms with Gasteiger partial charge in [0.25, 0.3) is 0 Å². The number of rotatable bonds is 5. The summed E-state index contributed by atoms with van der Waals surface area (Å²) in [6.07, 6.45) is 1.00. The summed E-state index contributed by atoms with van der Waals surface area (Å²) in [5.41, 5.74) is 2.85. The van der Waals surface area contributed by atoms with Crippen LogP contribution in [0.4, 0.5) is 16.2 Å². The fraction of sp³-hybridized carbons (Fsp3) is 0.500. The summed E-state index contributed by atoms with van der Waals surface area (Å²) in [5.74, 6) is -0.0674.